The van der Waals surface area contributed by atoms with Crippen LogP contribution >= 0.6 is 0 Å². The second-order valence-corrected chi connectivity index (χ2v) is 2.71. The normalized spacial score (nSPS) is 9.77. The van der Waals surface area contributed by atoms with Crippen molar-refractivity contribution in [3.05, 3.63) is 41.9 Å². The Morgan fingerprint density at radius 2 is 2.31 bits per heavy atom. The first-order valence-corrected chi connectivity index (χ1v) is 3.86. The molecule has 3 heteroatoms. The Morgan fingerprint density at radius 1 is 1.62 bits per heavy atom. The molecule has 0 saturated heterocycles. The Hall–Kier alpha value is -1.35. The summed E-state index contributed by atoms with van der Waals surface area (Å²) in [6, 6.07) is 4.49. The van der Waals surface area contributed by atoms with E-state index in [4.69, 9.17) is 9.84 Å². The van der Waals surface area contributed by atoms with Gasteiger partial charge in [0.15, 0.2) is 0 Å². The number of ether oxygens (including phenoxy) is 1. The quantitative estimate of drug-likeness (QED) is 0.724. The van der Waals surface area contributed by atoms with Gasteiger partial charge in [0.25, 0.3) is 0 Å². The standard InChI is InChI=1S/C10H11FO2/c1-7-3-4-9(5-10(7)11)13-8(2)6-12/h3-5,12H,2,6H2,1H3. The lowest BCUT2D eigenvalue weighted by molar-refractivity contribution is 0.264. The Balaban J connectivity index is 2.79. The van der Waals surface area contributed by atoms with Crippen LogP contribution < -0.4 is 4.74 Å². The zero-order chi connectivity index (χ0) is 9.84. The molecule has 2 nitrogen and oxygen atoms in total. The Labute approximate surface area is 76.3 Å². The molecule has 1 aromatic rings. The van der Waals surface area contributed by atoms with Crippen molar-refractivity contribution in [2.45, 2.75) is 6.92 Å². The number of aryl methyl sites for hydroxylation is 1. The molecule has 0 atom stereocenters. The topological polar surface area (TPSA) is 29.5 Å². The molecule has 1 aromatic carbocycles. The van der Waals surface area contributed by atoms with E-state index < -0.39 is 0 Å². The van der Waals surface area contributed by atoms with Gasteiger partial charge in [-0.15, -0.1) is 0 Å². The number of hydrogen-bond acceptors (Lipinski definition) is 2. The highest BCUT2D eigenvalue weighted by molar-refractivity contribution is 5.29. The predicted molar refractivity (Wildman–Crippen MR) is 48.0 cm³/mol. The third kappa shape index (κ3) is 2.56. The van der Waals surface area contributed by atoms with E-state index in [1.807, 2.05) is 0 Å². The van der Waals surface area contributed by atoms with Crippen molar-refractivity contribution in [2.24, 2.45) is 0 Å². The summed E-state index contributed by atoms with van der Waals surface area (Å²) >= 11 is 0. The monoisotopic (exact) mass is 182 g/mol. The highest BCUT2D eigenvalue weighted by Crippen LogP contribution is 2.17. The maximum atomic E-state index is 13.0. The fourth-order valence-electron chi connectivity index (χ4n) is 0.836. The number of halogens is 1. The molecule has 0 saturated carbocycles. The van der Waals surface area contributed by atoms with Gasteiger partial charge in [-0.05, 0) is 18.6 Å². The zero-order valence-electron chi connectivity index (χ0n) is 7.38. The molecule has 0 spiro atoms. The lowest BCUT2D eigenvalue weighted by Gasteiger charge is -2.06. The first-order chi connectivity index (χ1) is 6.13. The molecule has 0 unspecified atom stereocenters. The van der Waals surface area contributed by atoms with Crippen LogP contribution in [0.5, 0.6) is 5.75 Å². The summed E-state index contributed by atoms with van der Waals surface area (Å²) in [6.07, 6.45) is 0. The maximum Gasteiger partial charge on any atom is 0.129 e. The molecule has 0 bridgehead atoms. The molecule has 0 heterocycles. The van der Waals surface area contributed by atoms with Crippen LogP contribution in [0.4, 0.5) is 4.39 Å². The van der Waals surface area contributed by atoms with Crippen molar-refractivity contribution in [1.82, 2.24) is 0 Å². The molecule has 1 rings (SSSR count). The van der Waals surface area contributed by atoms with Crippen LogP contribution in [0.25, 0.3) is 0 Å². The van der Waals surface area contributed by atoms with Gasteiger partial charge in [-0.1, -0.05) is 12.6 Å². The van der Waals surface area contributed by atoms with E-state index >= 15 is 0 Å². The fraction of sp³-hybridized carbons (Fsp3) is 0.200. The molecule has 0 aromatic heterocycles. The van der Waals surface area contributed by atoms with Gasteiger partial charge < -0.3 is 9.84 Å². The molecule has 0 aliphatic carbocycles. The second kappa shape index (κ2) is 4.05. The minimum atomic E-state index is -0.330. The van der Waals surface area contributed by atoms with Crippen LogP contribution in [-0.4, -0.2) is 11.7 Å². The van der Waals surface area contributed by atoms with Crippen molar-refractivity contribution in [3.63, 3.8) is 0 Å². The molecule has 0 aliphatic heterocycles. The van der Waals surface area contributed by atoms with Crippen LogP contribution in [0.15, 0.2) is 30.5 Å². The van der Waals surface area contributed by atoms with Gasteiger partial charge in [0.1, 0.15) is 23.9 Å². The third-order valence-corrected chi connectivity index (χ3v) is 1.58. The highest BCUT2D eigenvalue weighted by Gasteiger charge is 2.01. The molecule has 1 N–H and O–H groups in total. The molecule has 13 heavy (non-hydrogen) atoms. The molecule has 0 amide bonds. The van der Waals surface area contributed by atoms with Crippen molar-refractivity contribution >= 4 is 0 Å². The summed E-state index contributed by atoms with van der Waals surface area (Å²) in [5.41, 5.74) is 0.557. The minimum absolute atomic E-state index is 0.197. The molecule has 0 radical (unpaired) electrons. The smallest absolute Gasteiger partial charge is 0.129 e. The number of rotatable bonds is 3. The van der Waals surface area contributed by atoms with Gasteiger partial charge in [-0.25, -0.2) is 4.39 Å². The SMILES string of the molecule is C=C(CO)Oc1ccc(C)c(F)c1. The van der Waals surface area contributed by atoms with E-state index in [0.717, 1.165) is 0 Å². The van der Waals surface area contributed by atoms with Crippen molar-refractivity contribution in [2.75, 3.05) is 6.61 Å². The van der Waals surface area contributed by atoms with Crippen LogP contribution in [0, 0.1) is 12.7 Å². The average Bonchev–Trinajstić information content (AvgIpc) is 2.11. The number of benzene rings is 1. The number of aliphatic hydroxyl groups is 1. The molecule has 70 valence electrons. The van der Waals surface area contributed by atoms with E-state index in [9.17, 15) is 4.39 Å². The Bertz CT molecular complexity index is 321. The molecule has 0 fully saturated rings. The lowest BCUT2D eigenvalue weighted by atomic mass is 10.2. The van der Waals surface area contributed by atoms with Gasteiger partial charge in [-0.3, -0.25) is 0 Å². The zero-order valence-corrected chi connectivity index (χ0v) is 7.38. The summed E-state index contributed by atoms with van der Waals surface area (Å²) in [5, 5.41) is 8.60. The first kappa shape index (κ1) is 9.74. The number of hydrogen-bond donors (Lipinski definition) is 1. The van der Waals surface area contributed by atoms with Gasteiger partial charge in [0.2, 0.25) is 0 Å². The van der Waals surface area contributed by atoms with Crippen molar-refractivity contribution in [3.8, 4) is 5.75 Å². The van der Waals surface area contributed by atoms with Gasteiger partial charge in [-0.2, -0.15) is 0 Å². The van der Waals surface area contributed by atoms with E-state index in [0.29, 0.717) is 11.3 Å². The maximum absolute atomic E-state index is 13.0. The molecular weight excluding hydrogens is 171 g/mol. The largest absolute Gasteiger partial charge is 0.460 e. The number of aliphatic hydroxyl groups excluding tert-OH is 1. The predicted octanol–water partition coefficient (Wildman–Crippen LogP) is 2.02. The first-order valence-electron chi connectivity index (χ1n) is 3.86. The molecule has 0 aliphatic rings. The highest BCUT2D eigenvalue weighted by atomic mass is 19.1. The lowest BCUT2D eigenvalue weighted by Crippen LogP contribution is -1.98. The Kier molecular flexibility index (Phi) is 3.03. The van der Waals surface area contributed by atoms with Crippen LogP contribution in [0.3, 0.4) is 0 Å². The fourth-order valence-corrected chi connectivity index (χ4v) is 0.836. The van der Waals surface area contributed by atoms with Crippen molar-refractivity contribution in [1.29, 1.82) is 0 Å². The Morgan fingerprint density at radius 3 is 2.85 bits per heavy atom. The molecular formula is C10H11FO2. The van der Waals surface area contributed by atoms with Crippen LogP contribution in [-0.2, 0) is 0 Å². The summed E-state index contributed by atoms with van der Waals surface area (Å²) in [6.45, 7) is 4.82. The van der Waals surface area contributed by atoms with E-state index in [-0.39, 0.29) is 18.2 Å². The minimum Gasteiger partial charge on any atom is -0.460 e. The van der Waals surface area contributed by atoms with Crippen molar-refractivity contribution < 1.29 is 14.2 Å². The summed E-state index contributed by atoms with van der Waals surface area (Å²) in [7, 11) is 0. The van der Waals surface area contributed by atoms with Crippen LogP contribution in [0.2, 0.25) is 0 Å². The van der Waals surface area contributed by atoms with Gasteiger partial charge in [0, 0.05) is 6.07 Å². The third-order valence-electron chi connectivity index (χ3n) is 1.58. The summed E-state index contributed by atoms with van der Waals surface area (Å²) in [5.74, 6) is 0.216. The van der Waals surface area contributed by atoms with E-state index in [1.165, 1.54) is 6.07 Å². The van der Waals surface area contributed by atoms with Gasteiger partial charge >= 0.3 is 0 Å². The summed E-state index contributed by atoms with van der Waals surface area (Å²) in [4.78, 5) is 0. The summed E-state index contributed by atoms with van der Waals surface area (Å²) < 4.78 is 18.0. The van der Waals surface area contributed by atoms with Crippen LogP contribution in [0.1, 0.15) is 5.56 Å². The average molecular weight is 182 g/mol. The van der Waals surface area contributed by atoms with E-state index in [2.05, 4.69) is 6.58 Å². The second-order valence-electron chi connectivity index (χ2n) is 2.71. The van der Waals surface area contributed by atoms with Gasteiger partial charge in [0.05, 0.1) is 0 Å². The van der Waals surface area contributed by atoms with E-state index in [1.54, 1.807) is 19.1 Å².